The van der Waals surface area contributed by atoms with Crippen LogP contribution < -0.4 is 5.32 Å². The number of halogens is 2. The number of anilines is 1. The monoisotopic (exact) mass is 508 g/mol. The van der Waals surface area contributed by atoms with Crippen molar-refractivity contribution in [3.05, 3.63) is 87.7 Å². The first-order valence-corrected chi connectivity index (χ1v) is 12.2. The molecule has 2 aromatic heterocycles. The van der Waals surface area contributed by atoms with Crippen molar-refractivity contribution in [3.8, 4) is 5.69 Å². The van der Waals surface area contributed by atoms with Gasteiger partial charge in [-0.3, -0.25) is 4.90 Å². The van der Waals surface area contributed by atoms with E-state index in [0.717, 1.165) is 60.7 Å². The number of morpholine rings is 1. The highest BCUT2D eigenvalue weighted by Gasteiger charge is 2.16. The van der Waals surface area contributed by atoms with Gasteiger partial charge in [0.25, 0.3) is 0 Å². The molecule has 1 N–H and O–H groups in total. The number of hydrogen-bond acceptors (Lipinski definition) is 7. The fourth-order valence-corrected chi connectivity index (χ4v) is 4.61. The summed E-state index contributed by atoms with van der Waals surface area (Å²) in [5.41, 5.74) is 4.71. The number of benzene rings is 1. The van der Waals surface area contributed by atoms with Crippen LogP contribution in [0.5, 0.6) is 0 Å². The van der Waals surface area contributed by atoms with Crippen molar-refractivity contribution in [2.45, 2.75) is 19.4 Å². The lowest BCUT2D eigenvalue weighted by molar-refractivity contribution is 0.0341. The van der Waals surface area contributed by atoms with Gasteiger partial charge in [0.1, 0.15) is 18.0 Å². The summed E-state index contributed by atoms with van der Waals surface area (Å²) >= 11 is 6.04. The number of fused-ring (bicyclic) bond motifs is 1. The first-order valence-electron chi connectivity index (χ1n) is 11.8. The van der Waals surface area contributed by atoms with Crippen LogP contribution in [-0.2, 0) is 17.7 Å². The van der Waals surface area contributed by atoms with E-state index in [0.29, 0.717) is 18.7 Å². The Morgan fingerprint density at radius 1 is 1.17 bits per heavy atom. The summed E-state index contributed by atoms with van der Waals surface area (Å²) in [6.45, 7) is 4.25. The first kappa shape index (κ1) is 24.3. The lowest BCUT2D eigenvalue weighted by atomic mass is 10.1. The third-order valence-electron chi connectivity index (χ3n) is 6.30. The van der Waals surface area contributed by atoms with Crippen LogP contribution in [0.4, 0.5) is 10.2 Å². The number of nitroso groups, excluding NO2 is 1. The Kier molecular flexibility index (Phi) is 7.50. The number of aromatic nitrogens is 3. The van der Waals surface area contributed by atoms with Gasteiger partial charge in [0.2, 0.25) is 0 Å². The number of nitrogens with one attached hydrogen (secondary N) is 1. The normalized spacial score (nSPS) is 16.8. The zero-order chi connectivity index (χ0) is 24.9. The Balaban J connectivity index is 1.47. The van der Waals surface area contributed by atoms with Crippen LogP contribution in [-0.4, -0.2) is 52.3 Å². The second-order valence-corrected chi connectivity index (χ2v) is 9.14. The molecule has 0 bridgehead atoms. The van der Waals surface area contributed by atoms with E-state index in [1.807, 2.05) is 18.2 Å². The predicted octanol–water partition coefficient (Wildman–Crippen LogP) is 5.24. The third kappa shape index (κ3) is 5.53. The molecule has 8 nitrogen and oxygen atoms in total. The second-order valence-electron chi connectivity index (χ2n) is 8.73. The van der Waals surface area contributed by atoms with E-state index < -0.39 is 5.83 Å². The van der Waals surface area contributed by atoms with E-state index in [1.54, 1.807) is 12.2 Å². The molecule has 5 rings (SSSR count). The van der Waals surface area contributed by atoms with Crippen molar-refractivity contribution < 1.29 is 9.13 Å². The summed E-state index contributed by atoms with van der Waals surface area (Å²) in [5.74, 6) is 0.142. The molecular formula is C26H26ClFN6O2. The molecule has 1 aromatic carbocycles. The Morgan fingerprint density at radius 2 is 2.00 bits per heavy atom. The van der Waals surface area contributed by atoms with Gasteiger partial charge in [-0.25, -0.2) is 14.4 Å². The number of allylic oxidation sites excluding steroid dienone is 5. The van der Waals surface area contributed by atoms with Gasteiger partial charge < -0.3 is 14.6 Å². The number of ether oxygens (including phenoxy) is 1. The van der Waals surface area contributed by atoms with E-state index in [-0.39, 0.29) is 11.6 Å². The molecule has 36 heavy (non-hydrogen) atoms. The van der Waals surface area contributed by atoms with E-state index in [4.69, 9.17) is 16.3 Å². The molecule has 3 aromatic rings. The molecular weight excluding hydrogens is 483 g/mol. The zero-order valence-electron chi connectivity index (χ0n) is 19.7. The second kappa shape index (κ2) is 11.1. The van der Waals surface area contributed by atoms with Crippen molar-refractivity contribution in [3.63, 3.8) is 0 Å². The van der Waals surface area contributed by atoms with Crippen LogP contribution in [0.3, 0.4) is 0 Å². The zero-order valence-corrected chi connectivity index (χ0v) is 20.4. The summed E-state index contributed by atoms with van der Waals surface area (Å²) in [6.07, 6.45) is 11.4. The van der Waals surface area contributed by atoms with Crippen LogP contribution in [0.2, 0.25) is 0 Å². The molecule has 0 amide bonds. The van der Waals surface area contributed by atoms with Crippen LogP contribution in [0.15, 0.2) is 76.9 Å². The summed E-state index contributed by atoms with van der Waals surface area (Å²) in [6, 6.07) is 5.96. The fraction of sp³-hybridized carbons (Fsp3) is 0.308. The molecule has 0 radical (unpaired) electrons. The molecule has 0 unspecified atom stereocenters. The summed E-state index contributed by atoms with van der Waals surface area (Å²) in [4.78, 5) is 22.0. The van der Waals surface area contributed by atoms with Gasteiger partial charge >= 0.3 is 0 Å². The van der Waals surface area contributed by atoms with Crippen LogP contribution in [0.25, 0.3) is 16.6 Å². The average Bonchev–Trinajstić information content (AvgIpc) is 3.22. The molecule has 186 valence electrons. The molecule has 0 atom stereocenters. The smallest absolute Gasteiger partial charge is 0.141 e. The molecule has 10 heteroatoms. The fourth-order valence-electron chi connectivity index (χ4n) is 4.42. The highest BCUT2D eigenvalue weighted by atomic mass is 35.5. The lowest BCUT2D eigenvalue weighted by Crippen LogP contribution is -2.35. The number of rotatable bonds is 8. The molecule has 3 heterocycles. The standard InChI is InChI=1S/C26H26ClFN6O2/c27-23-12-20(2-1-3-24(23)28)32-26-22-13-21(4-5-25(22)29-17-30-26)34-15-18(6-7-31-35)19(16-34)14-33-8-10-36-11-9-33/h1,3-5,12-13,15-17H,2,6-11,14H2,(H,29,30,32). The Bertz CT molecular complexity index is 1360. The highest BCUT2D eigenvalue weighted by molar-refractivity contribution is 6.31. The highest BCUT2D eigenvalue weighted by Crippen LogP contribution is 2.28. The molecule has 1 aliphatic heterocycles. The molecule has 0 spiro atoms. The molecule has 1 saturated heterocycles. The van der Waals surface area contributed by atoms with Gasteiger partial charge in [-0.1, -0.05) is 22.9 Å². The Morgan fingerprint density at radius 3 is 2.83 bits per heavy atom. The SMILES string of the molecule is O=NCCc1cn(-c2ccc3ncnc(NC4=CC(Cl)=C(F)C=CC4)c3c2)cc1CN1CCOCC1. The summed E-state index contributed by atoms with van der Waals surface area (Å²) < 4.78 is 21.4. The van der Waals surface area contributed by atoms with Gasteiger partial charge in [-0.15, -0.1) is 0 Å². The van der Waals surface area contributed by atoms with E-state index in [1.165, 1.54) is 18.0 Å². The largest absolute Gasteiger partial charge is 0.379 e. The maximum Gasteiger partial charge on any atom is 0.141 e. The maximum absolute atomic E-state index is 13.8. The Hall–Kier alpha value is -3.40. The third-order valence-corrected chi connectivity index (χ3v) is 6.59. The van der Waals surface area contributed by atoms with Crippen molar-refractivity contribution in [1.29, 1.82) is 0 Å². The van der Waals surface area contributed by atoms with Gasteiger partial charge in [0.15, 0.2) is 0 Å². The molecule has 1 aliphatic carbocycles. The van der Waals surface area contributed by atoms with Gasteiger partial charge in [-0.2, -0.15) is 4.91 Å². The number of hydrogen-bond donors (Lipinski definition) is 1. The van der Waals surface area contributed by atoms with Crippen molar-refractivity contribution in [1.82, 2.24) is 19.4 Å². The topological polar surface area (TPSA) is 84.6 Å². The van der Waals surface area contributed by atoms with Crippen LogP contribution >= 0.6 is 11.6 Å². The molecule has 1 fully saturated rings. The van der Waals surface area contributed by atoms with Gasteiger partial charge in [0.05, 0.1) is 30.3 Å². The van der Waals surface area contributed by atoms with Crippen molar-refractivity contribution in [2.24, 2.45) is 5.18 Å². The van der Waals surface area contributed by atoms with E-state index in [2.05, 4.69) is 42.3 Å². The molecule has 2 aliphatic rings. The Labute approximate surface area is 213 Å². The van der Waals surface area contributed by atoms with Gasteiger partial charge in [0, 0.05) is 55.2 Å². The predicted molar refractivity (Wildman–Crippen MR) is 139 cm³/mol. The lowest BCUT2D eigenvalue weighted by Gasteiger charge is -2.26. The van der Waals surface area contributed by atoms with Gasteiger partial charge in [-0.05, 0) is 47.9 Å². The summed E-state index contributed by atoms with van der Waals surface area (Å²) in [5, 5.41) is 7.22. The first-order chi connectivity index (χ1) is 17.6. The molecule has 0 saturated carbocycles. The van der Waals surface area contributed by atoms with E-state index in [9.17, 15) is 9.30 Å². The minimum absolute atomic E-state index is 0.0442. The van der Waals surface area contributed by atoms with Crippen molar-refractivity contribution >= 4 is 28.3 Å². The quantitative estimate of drug-likeness (QED) is 0.419. The summed E-state index contributed by atoms with van der Waals surface area (Å²) in [7, 11) is 0. The minimum atomic E-state index is -0.468. The van der Waals surface area contributed by atoms with Crippen LogP contribution in [0.1, 0.15) is 17.5 Å². The van der Waals surface area contributed by atoms with Crippen LogP contribution in [0, 0.1) is 4.91 Å². The minimum Gasteiger partial charge on any atom is -0.379 e. The average molecular weight is 509 g/mol. The van der Waals surface area contributed by atoms with Crippen molar-refractivity contribution in [2.75, 3.05) is 38.2 Å². The maximum atomic E-state index is 13.8. The van der Waals surface area contributed by atoms with E-state index >= 15 is 0 Å². The number of nitrogens with zero attached hydrogens (tertiary/aromatic N) is 5.